The number of hydrogen-bond acceptors (Lipinski definition) is 5. The summed E-state index contributed by atoms with van der Waals surface area (Å²) in [5.74, 6) is -0.461. The maximum atomic E-state index is 12.9. The maximum Gasteiger partial charge on any atom is 0.295 e. The number of benzene rings is 2. The second-order valence-corrected chi connectivity index (χ2v) is 6.47. The highest BCUT2D eigenvalue weighted by Gasteiger charge is 2.46. The van der Waals surface area contributed by atoms with E-state index in [1.54, 1.807) is 49.6 Å². The lowest BCUT2D eigenvalue weighted by molar-refractivity contribution is -0.139. The number of Topliss-reactive ketones (excluding diaryl/α,β-unsaturated/α-hetero) is 1. The monoisotopic (exact) mass is 381 g/mol. The first kappa shape index (κ1) is 19.5. The van der Waals surface area contributed by atoms with Gasteiger partial charge in [-0.3, -0.25) is 9.59 Å². The number of aliphatic hydroxyl groups excluding tert-OH is 1. The van der Waals surface area contributed by atoms with Crippen molar-refractivity contribution >= 4 is 17.4 Å². The van der Waals surface area contributed by atoms with E-state index in [9.17, 15) is 14.7 Å². The van der Waals surface area contributed by atoms with Crippen molar-refractivity contribution < 1.29 is 24.2 Å². The summed E-state index contributed by atoms with van der Waals surface area (Å²) in [5.41, 5.74) is 1.12. The molecule has 1 heterocycles. The van der Waals surface area contributed by atoms with Crippen molar-refractivity contribution in [2.75, 3.05) is 20.8 Å². The molecule has 1 aliphatic heterocycles. The number of methoxy groups -OCH3 is 2. The summed E-state index contributed by atoms with van der Waals surface area (Å²) >= 11 is 0. The van der Waals surface area contributed by atoms with Crippen LogP contribution >= 0.6 is 0 Å². The molecule has 0 bridgehead atoms. The highest BCUT2D eigenvalue weighted by molar-refractivity contribution is 6.46. The van der Waals surface area contributed by atoms with E-state index in [4.69, 9.17) is 9.47 Å². The number of amides is 1. The average molecular weight is 381 g/mol. The van der Waals surface area contributed by atoms with E-state index in [1.807, 2.05) is 13.0 Å². The first-order chi connectivity index (χ1) is 13.5. The van der Waals surface area contributed by atoms with Crippen LogP contribution in [0.15, 0.2) is 54.1 Å². The highest BCUT2D eigenvalue weighted by Crippen LogP contribution is 2.43. The summed E-state index contributed by atoms with van der Waals surface area (Å²) in [6, 6.07) is 13.2. The molecule has 146 valence electrons. The van der Waals surface area contributed by atoms with Crippen molar-refractivity contribution in [3.05, 3.63) is 65.2 Å². The van der Waals surface area contributed by atoms with Crippen molar-refractivity contribution in [1.82, 2.24) is 4.90 Å². The van der Waals surface area contributed by atoms with E-state index < -0.39 is 17.7 Å². The molecule has 3 rings (SSSR count). The van der Waals surface area contributed by atoms with Gasteiger partial charge < -0.3 is 19.5 Å². The molecule has 1 aliphatic rings. The Kier molecular flexibility index (Phi) is 5.68. The van der Waals surface area contributed by atoms with Crippen molar-refractivity contribution in [1.29, 1.82) is 0 Å². The summed E-state index contributed by atoms with van der Waals surface area (Å²) in [6.07, 6.45) is 0.668. The van der Waals surface area contributed by atoms with Crippen LogP contribution in [0.2, 0.25) is 0 Å². The Hall–Kier alpha value is -3.28. The molecule has 2 aromatic rings. The van der Waals surface area contributed by atoms with Gasteiger partial charge >= 0.3 is 0 Å². The van der Waals surface area contributed by atoms with Crippen LogP contribution in [0.3, 0.4) is 0 Å². The van der Waals surface area contributed by atoms with Crippen molar-refractivity contribution in [3.63, 3.8) is 0 Å². The summed E-state index contributed by atoms with van der Waals surface area (Å²) in [5, 5.41) is 10.9. The summed E-state index contributed by atoms with van der Waals surface area (Å²) < 4.78 is 10.8. The van der Waals surface area contributed by atoms with E-state index in [0.29, 0.717) is 35.6 Å². The molecule has 6 nitrogen and oxygen atoms in total. The molecule has 1 amide bonds. The van der Waals surface area contributed by atoms with Crippen LogP contribution in [0.1, 0.15) is 30.5 Å². The van der Waals surface area contributed by atoms with Gasteiger partial charge in [0.15, 0.2) is 0 Å². The smallest absolute Gasteiger partial charge is 0.295 e. The molecule has 1 atom stereocenters. The van der Waals surface area contributed by atoms with E-state index in [0.717, 1.165) is 0 Å². The Balaban J connectivity index is 2.26. The number of ketones is 1. The second-order valence-electron chi connectivity index (χ2n) is 6.47. The fraction of sp³-hybridized carbons (Fsp3) is 0.273. The van der Waals surface area contributed by atoms with Crippen LogP contribution in [-0.4, -0.2) is 42.5 Å². The molecule has 0 aromatic heterocycles. The first-order valence-electron chi connectivity index (χ1n) is 9.09. The van der Waals surface area contributed by atoms with Crippen LogP contribution in [-0.2, 0) is 9.59 Å². The molecule has 28 heavy (non-hydrogen) atoms. The minimum Gasteiger partial charge on any atom is -0.507 e. The third-order valence-corrected chi connectivity index (χ3v) is 4.78. The lowest BCUT2D eigenvalue weighted by atomic mass is 9.94. The molecule has 0 radical (unpaired) electrons. The van der Waals surface area contributed by atoms with Gasteiger partial charge in [-0.25, -0.2) is 0 Å². The third kappa shape index (κ3) is 3.33. The number of rotatable bonds is 6. The SMILES string of the molecule is CCCN1C(=O)C(=O)C(=C(O)c2ccccc2)C1c1cc(OC)ccc1OC. The van der Waals surface area contributed by atoms with Crippen molar-refractivity contribution in [2.24, 2.45) is 0 Å². The molecule has 0 saturated carbocycles. The fourth-order valence-electron chi connectivity index (χ4n) is 3.48. The summed E-state index contributed by atoms with van der Waals surface area (Å²) in [7, 11) is 3.06. The molecule has 1 fully saturated rings. The predicted octanol–water partition coefficient (Wildman–Crippen LogP) is 3.54. The van der Waals surface area contributed by atoms with E-state index in [-0.39, 0.29) is 11.3 Å². The molecule has 1 N–H and O–H groups in total. The normalized spacial score (nSPS) is 18.4. The van der Waals surface area contributed by atoms with Gasteiger partial charge in [-0.05, 0) is 24.6 Å². The Labute approximate surface area is 164 Å². The van der Waals surface area contributed by atoms with Crippen LogP contribution < -0.4 is 9.47 Å². The van der Waals surface area contributed by atoms with Gasteiger partial charge in [-0.15, -0.1) is 0 Å². The number of likely N-dealkylation sites (tertiary alicyclic amines) is 1. The number of carbonyl (C=O) groups is 2. The van der Waals surface area contributed by atoms with Gasteiger partial charge in [-0.2, -0.15) is 0 Å². The molecule has 1 saturated heterocycles. The van der Waals surface area contributed by atoms with Gasteiger partial charge in [-0.1, -0.05) is 37.3 Å². The number of nitrogens with zero attached hydrogens (tertiary/aromatic N) is 1. The van der Waals surface area contributed by atoms with Crippen LogP contribution in [0, 0.1) is 0 Å². The van der Waals surface area contributed by atoms with Gasteiger partial charge in [0.2, 0.25) is 0 Å². The predicted molar refractivity (Wildman–Crippen MR) is 105 cm³/mol. The van der Waals surface area contributed by atoms with E-state index in [1.165, 1.54) is 12.0 Å². The fourth-order valence-corrected chi connectivity index (χ4v) is 3.48. The Bertz CT molecular complexity index is 920. The zero-order chi connectivity index (χ0) is 20.3. The number of carbonyl (C=O) groups excluding carboxylic acids is 2. The molecule has 6 heteroatoms. The standard InChI is InChI=1S/C22H23NO5/c1-4-12-23-19(16-13-15(27-2)10-11-17(16)28-3)18(21(25)22(23)26)20(24)14-8-6-5-7-9-14/h5-11,13,19,24H,4,12H2,1-3H3. The molecular weight excluding hydrogens is 358 g/mol. The summed E-state index contributed by atoms with van der Waals surface area (Å²) in [4.78, 5) is 27.1. The van der Waals surface area contributed by atoms with E-state index >= 15 is 0 Å². The molecular formula is C22H23NO5. The molecule has 0 aliphatic carbocycles. The van der Waals surface area contributed by atoms with E-state index in [2.05, 4.69) is 0 Å². The number of hydrogen-bond donors (Lipinski definition) is 1. The second kappa shape index (κ2) is 8.17. The van der Waals surface area contributed by atoms with Crippen LogP contribution in [0.4, 0.5) is 0 Å². The third-order valence-electron chi connectivity index (χ3n) is 4.78. The lowest BCUT2D eigenvalue weighted by Gasteiger charge is -2.26. The van der Waals surface area contributed by atoms with Gasteiger partial charge in [0.1, 0.15) is 17.3 Å². The topological polar surface area (TPSA) is 76.1 Å². The van der Waals surface area contributed by atoms with Crippen molar-refractivity contribution in [2.45, 2.75) is 19.4 Å². The number of ether oxygens (including phenoxy) is 2. The quantitative estimate of drug-likeness (QED) is 0.471. The first-order valence-corrected chi connectivity index (χ1v) is 9.09. The zero-order valence-electron chi connectivity index (χ0n) is 16.1. The van der Waals surface area contributed by atoms with Crippen LogP contribution in [0.5, 0.6) is 11.5 Å². The lowest BCUT2D eigenvalue weighted by Crippen LogP contribution is -2.30. The van der Waals surface area contributed by atoms with Crippen LogP contribution in [0.25, 0.3) is 5.76 Å². The van der Waals surface area contributed by atoms with Gasteiger partial charge in [0.05, 0.1) is 25.8 Å². The minimum absolute atomic E-state index is 0.0520. The highest BCUT2D eigenvalue weighted by atomic mass is 16.5. The van der Waals surface area contributed by atoms with Gasteiger partial charge in [0, 0.05) is 17.7 Å². The Morgan fingerprint density at radius 2 is 1.79 bits per heavy atom. The van der Waals surface area contributed by atoms with Crippen molar-refractivity contribution in [3.8, 4) is 11.5 Å². The molecule has 2 aromatic carbocycles. The maximum absolute atomic E-state index is 12.9. The zero-order valence-corrected chi connectivity index (χ0v) is 16.1. The average Bonchev–Trinajstić information content (AvgIpc) is 2.98. The minimum atomic E-state index is -0.759. The largest absolute Gasteiger partial charge is 0.507 e. The molecule has 1 unspecified atom stereocenters. The molecule has 0 spiro atoms. The van der Waals surface area contributed by atoms with Gasteiger partial charge in [0.25, 0.3) is 11.7 Å². The Morgan fingerprint density at radius 1 is 1.07 bits per heavy atom. The number of aliphatic hydroxyl groups is 1. The summed E-state index contributed by atoms with van der Waals surface area (Å²) in [6.45, 7) is 2.30. The Morgan fingerprint density at radius 3 is 2.39 bits per heavy atom.